The van der Waals surface area contributed by atoms with Gasteiger partial charge in [0.15, 0.2) is 0 Å². The molecule has 0 aliphatic heterocycles. The second-order valence-electron chi connectivity index (χ2n) is 7.06. The maximum atomic E-state index is 12.1. The van der Waals surface area contributed by atoms with Crippen LogP contribution in [0.25, 0.3) is 0 Å². The topological polar surface area (TPSA) is 49.4 Å². The number of hydrogen-bond donors (Lipinski definition) is 1. The first-order chi connectivity index (χ1) is 10.7. The highest BCUT2D eigenvalue weighted by atomic mass is 16.2. The Balaban J connectivity index is 2.93. The minimum Gasteiger partial charge on any atom is -0.354 e. The molecule has 4 heteroatoms. The molecule has 1 unspecified atom stereocenters. The molecule has 2 amide bonds. The van der Waals surface area contributed by atoms with Gasteiger partial charge in [-0.2, -0.15) is 0 Å². The summed E-state index contributed by atoms with van der Waals surface area (Å²) in [6.07, 6.45) is 1.21. The summed E-state index contributed by atoms with van der Waals surface area (Å²) in [6, 6.07) is 8.08. The average Bonchev–Trinajstić information content (AvgIpc) is 2.46. The van der Waals surface area contributed by atoms with Gasteiger partial charge in [-0.15, -0.1) is 0 Å². The summed E-state index contributed by atoms with van der Waals surface area (Å²) in [4.78, 5) is 25.8. The number of amides is 2. The standard InChI is InChI=1S/C19H30N2O2/c1-7-14(2)20-18(23)12-13-21(15(3)22)17-11-9-8-10-16(17)19(4,5)6/h8-11,14H,7,12-13H2,1-6H3,(H,20,23). The van der Waals surface area contributed by atoms with Crippen molar-refractivity contribution in [2.75, 3.05) is 11.4 Å². The van der Waals surface area contributed by atoms with E-state index in [0.29, 0.717) is 13.0 Å². The molecule has 0 saturated carbocycles. The third kappa shape index (κ3) is 5.70. The average molecular weight is 318 g/mol. The van der Waals surface area contributed by atoms with Crippen molar-refractivity contribution in [3.05, 3.63) is 29.8 Å². The molecule has 0 saturated heterocycles. The maximum absolute atomic E-state index is 12.1. The molecule has 1 rings (SSSR count). The molecule has 0 fully saturated rings. The Labute approximate surface area is 140 Å². The van der Waals surface area contributed by atoms with Gasteiger partial charge in [-0.25, -0.2) is 0 Å². The van der Waals surface area contributed by atoms with Crippen molar-refractivity contribution < 1.29 is 9.59 Å². The van der Waals surface area contributed by atoms with Crippen LogP contribution in [0.2, 0.25) is 0 Å². The van der Waals surface area contributed by atoms with Gasteiger partial charge in [0.2, 0.25) is 11.8 Å². The Morgan fingerprint density at radius 3 is 2.35 bits per heavy atom. The molecule has 23 heavy (non-hydrogen) atoms. The van der Waals surface area contributed by atoms with Crippen LogP contribution in [-0.4, -0.2) is 24.4 Å². The van der Waals surface area contributed by atoms with Crippen LogP contribution in [0.4, 0.5) is 5.69 Å². The minimum atomic E-state index is -0.0662. The highest BCUT2D eigenvalue weighted by Crippen LogP contribution is 2.32. The van der Waals surface area contributed by atoms with Gasteiger partial charge >= 0.3 is 0 Å². The maximum Gasteiger partial charge on any atom is 0.223 e. The summed E-state index contributed by atoms with van der Waals surface area (Å²) >= 11 is 0. The van der Waals surface area contributed by atoms with Crippen molar-refractivity contribution >= 4 is 17.5 Å². The molecule has 1 atom stereocenters. The summed E-state index contributed by atoms with van der Waals surface area (Å²) in [7, 11) is 0. The second kappa shape index (κ2) is 8.14. The molecule has 4 nitrogen and oxygen atoms in total. The monoisotopic (exact) mass is 318 g/mol. The molecule has 0 radical (unpaired) electrons. The van der Waals surface area contributed by atoms with Crippen molar-refractivity contribution in [1.82, 2.24) is 5.32 Å². The van der Waals surface area contributed by atoms with Gasteiger partial charge in [-0.1, -0.05) is 45.9 Å². The number of carbonyl (C=O) groups is 2. The number of carbonyl (C=O) groups excluding carboxylic acids is 2. The summed E-state index contributed by atoms with van der Waals surface area (Å²) in [5.41, 5.74) is 1.94. The van der Waals surface area contributed by atoms with Crippen LogP contribution < -0.4 is 10.2 Å². The van der Waals surface area contributed by atoms with E-state index in [9.17, 15) is 9.59 Å². The molecule has 1 N–H and O–H groups in total. The van der Waals surface area contributed by atoms with E-state index >= 15 is 0 Å². The van der Waals surface area contributed by atoms with E-state index in [0.717, 1.165) is 17.7 Å². The van der Waals surface area contributed by atoms with Crippen LogP contribution in [0.5, 0.6) is 0 Å². The Bertz CT molecular complexity index is 547. The van der Waals surface area contributed by atoms with Gasteiger partial charge in [0.1, 0.15) is 0 Å². The van der Waals surface area contributed by atoms with Gasteiger partial charge in [0.05, 0.1) is 0 Å². The lowest BCUT2D eigenvalue weighted by Gasteiger charge is -2.29. The number of nitrogens with one attached hydrogen (secondary N) is 1. The number of para-hydroxylation sites is 1. The first-order valence-corrected chi connectivity index (χ1v) is 8.33. The molecule has 0 aliphatic carbocycles. The highest BCUT2D eigenvalue weighted by molar-refractivity contribution is 5.93. The lowest BCUT2D eigenvalue weighted by atomic mass is 9.85. The van der Waals surface area contributed by atoms with Crippen molar-refractivity contribution in [1.29, 1.82) is 0 Å². The second-order valence-corrected chi connectivity index (χ2v) is 7.06. The third-order valence-electron chi connectivity index (χ3n) is 3.97. The quantitative estimate of drug-likeness (QED) is 0.870. The minimum absolute atomic E-state index is 0.0150. The zero-order valence-electron chi connectivity index (χ0n) is 15.3. The van der Waals surface area contributed by atoms with Crippen molar-refractivity contribution in [2.45, 2.75) is 65.8 Å². The molecular weight excluding hydrogens is 288 g/mol. The zero-order chi connectivity index (χ0) is 17.6. The summed E-state index contributed by atoms with van der Waals surface area (Å²) < 4.78 is 0. The van der Waals surface area contributed by atoms with E-state index in [4.69, 9.17) is 0 Å². The number of anilines is 1. The fraction of sp³-hybridized carbons (Fsp3) is 0.579. The van der Waals surface area contributed by atoms with Crippen LogP contribution in [0.3, 0.4) is 0 Å². The Morgan fingerprint density at radius 1 is 1.22 bits per heavy atom. The van der Waals surface area contributed by atoms with Crippen LogP contribution >= 0.6 is 0 Å². The molecule has 0 bridgehead atoms. The van der Waals surface area contributed by atoms with Gasteiger partial charge in [-0.05, 0) is 30.4 Å². The Morgan fingerprint density at radius 2 is 1.83 bits per heavy atom. The van der Waals surface area contributed by atoms with E-state index in [1.165, 1.54) is 0 Å². The molecule has 1 aromatic carbocycles. The number of benzene rings is 1. The van der Waals surface area contributed by atoms with E-state index < -0.39 is 0 Å². The molecule has 0 spiro atoms. The lowest BCUT2D eigenvalue weighted by Crippen LogP contribution is -2.37. The lowest BCUT2D eigenvalue weighted by molar-refractivity contribution is -0.121. The molecule has 128 valence electrons. The van der Waals surface area contributed by atoms with Crippen LogP contribution in [-0.2, 0) is 15.0 Å². The zero-order valence-corrected chi connectivity index (χ0v) is 15.3. The molecular formula is C19H30N2O2. The molecule has 1 aromatic rings. The van der Waals surface area contributed by atoms with Gasteiger partial charge in [-0.3, -0.25) is 9.59 Å². The SMILES string of the molecule is CCC(C)NC(=O)CCN(C(C)=O)c1ccccc1C(C)(C)C. The predicted molar refractivity (Wildman–Crippen MR) is 95.7 cm³/mol. The summed E-state index contributed by atoms with van der Waals surface area (Å²) in [6.45, 7) is 12.3. The van der Waals surface area contributed by atoms with E-state index in [1.54, 1.807) is 11.8 Å². The van der Waals surface area contributed by atoms with E-state index in [2.05, 4.69) is 26.1 Å². The Hall–Kier alpha value is -1.84. The molecule has 0 aromatic heterocycles. The molecule has 0 heterocycles. The van der Waals surface area contributed by atoms with Crippen LogP contribution in [0.15, 0.2) is 24.3 Å². The van der Waals surface area contributed by atoms with Gasteiger partial charge in [0.25, 0.3) is 0 Å². The normalized spacial score (nSPS) is 12.6. The summed E-state index contributed by atoms with van der Waals surface area (Å²) in [5.74, 6) is -0.0584. The fourth-order valence-electron chi connectivity index (χ4n) is 2.45. The summed E-state index contributed by atoms with van der Waals surface area (Å²) in [5, 5.41) is 2.94. The number of rotatable bonds is 6. The first kappa shape index (κ1) is 19.2. The first-order valence-electron chi connectivity index (χ1n) is 8.33. The number of nitrogens with zero attached hydrogens (tertiary/aromatic N) is 1. The van der Waals surface area contributed by atoms with Crippen LogP contribution in [0, 0.1) is 0 Å². The fourth-order valence-corrected chi connectivity index (χ4v) is 2.45. The third-order valence-corrected chi connectivity index (χ3v) is 3.97. The smallest absolute Gasteiger partial charge is 0.223 e. The highest BCUT2D eigenvalue weighted by Gasteiger charge is 2.23. The molecule has 0 aliphatic rings. The largest absolute Gasteiger partial charge is 0.354 e. The van der Waals surface area contributed by atoms with E-state index in [-0.39, 0.29) is 23.3 Å². The van der Waals surface area contributed by atoms with Gasteiger partial charge < -0.3 is 10.2 Å². The Kier molecular flexibility index (Phi) is 6.79. The predicted octanol–water partition coefficient (Wildman–Crippen LogP) is 3.64. The van der Waals surface area contributed by atoms with Crippen molar-refractivity contribution in [3.8, 4) is 0 Å². The van der Waals surface area contributed by atoms with E-state index in [1.807, 2.05) is 38.1 Å². The van der Waals surface area contributed by atoms with Crippen molar-refractivity contribution in [3.63, 3.8) is 0 Å². The number of hydrogen-bond acceptors (Lipinski definition) is 2. The van der Waals surface area contributed by atoms with Gasteiger partial charge in [0, 0.05) is 31.6 Å². The van der Waals surface area contributed by atoms with Crippen molar-refractivity contribution in [2.24, 2.45) is 0 Å². The van der Waals surface area contributed by atoms with Crippen LogP contribution in [0.1, 0.15) is 59.9 Å².